The van der Waals surface area contributed by atoms with Gasteiger partial charge in [0.05, 0.1) is 17.4 Å². The highest BCUT2D eigenvalue weighted by molar-refractivity contribution is 7.89. The molecular weight excluding hydrogens is 354 g/mol. The number of likely N-dealkylation sites (tertiary alicyclic amines) is 1. The smallest absolute Gasteiger partial charge is 0.222 e. The number of aliphatic hydroxyl groups is 1. The Morgan fingerprint density at radius 3 is 2.81 bits per heavy atom. The van der Waals surface area contributed by atoms with Crippen LogP contribution in [0.15, 0.2) is 36.5 Å². The average molecular weight is 377 g/mol. The predicted octanol–water partition coefficient (Wildman–Crippen LogP) is 0.665. The Hall–Kier alpha value is -2.03. The Kier molecular flexibility index (Phi) is 5.55. The van der Waals surface area contributed by atoms with Gasteiger partial charge in [-0.15, -0.1) is 0 Å². The first-order valence-corrected chi connectivity index (χ1v) is 10.3. The minimum absolute atomic E-state index is 0.0528. The molecule has 2 heterocycles. The van der Waals surface area contributed by atoms with Gasteiger partial charge in [0.1, 0.15) is 0 Å². The van der Waals surface area contributed by atoms with E-state index >= 15 is 0 Å². The number of hydrogen-bond donors (Lipinski definition) is 2. The molecule has 2 atom stereocenters. The number of sulfonamides is 1. The summed E-state index contributed by atoms with van der Waals surface area (Å²) in [5, 5.41) is 16.4. The first kappa shape index (κ1) is 18.8. The van der Waals surface area contributed by atoms with Crippen LogP contribution in [0.1, 0.15) is 18.4 Å². The van der Waals surface area contributed by atoms with Gasteiger partial charge in [-0.3, -0.25) is 9.78 Å². The van der Waals surface area contributed by atoms with Crippen LogP contribution < -0.4 is 5.14 Å². The van der Waals surface area contributed by atoms with Gasteiger partial charge in [0.2, 0.25) is 15.9 Å². The summed E-state index contributed by atoms with van der Waals surface area (Å²) in [6, 6.07) is 9.80. The molecule has 1 saturated heterocycles. The number of benzene rings is 1. The molecule has 1 amide bonds. The largest absolute Gasteiger partial charge is 0.391 e. The number of rotatable bonds is 6. The second-order valence-electron chi connectivity index (χ2n) is 6.79. The molecule has 3 rings (SSSR count). The third kappa shape index (κ3) is 4.57. The Bertz CT molecular complexity index is 895. The first-order valence-electron chi connectivity index (χ1n) is 8.62. The van der Waals surface area contributed by atoms with Crippen molar-refractivity contribution in [2.24, 2.45) is 11.1 Å². The van der Waals surface area contributed by atoms with Gasteiger partial charge in [-0.1, -0.05) is 18.2 Å². The molecule has 26 heavy (non-hydrogen) atoms. The first-order chi connectivity index (χ1) is 12.3. The summed E-state index contributed by atoms with van der Waals surface area (Å²) in [6.07, 6.45) is 2.14. The number of β-amino-alcohol motifs (C(OH)–C–C–N with tert-alkyl or cyclic N) is 1. The van der Waals surface area contributed by atoms with E-state index < -0.39 is 16.1 Å². The van der Waals surface area contributed by atoms with Gasteiger partial charge in [0.15, 0.2) is 0 Å². The van der Waals surface area contributed by atoms with Crippen LogP contribution >= 0.6 is 0 Å². The summed E-state index contributed by atoms with van der Waals surface area (Å²) >= 11 is 0. The number of amides is 1. The fourth-order valence-corrected chi connectivity index (χ4v) is 4.00. The number of nitrogens with two attached hydrogens (primary N) is 1. The van der Waals surface area contributed by atoms with E-state index in [9.17, 15) is 18.3 Å². The third-order valence-corrected chi connectivity index (χ3v) is 5.66. The van der Waals surface area contributed by atoms with E-state index in [0.29, 0.717) is 13.0 Å². The van der Waals surface area contributed by atoms with Crippen LogP contribution in [0.2, 0.25) is 0 Å². The highest BCUT2D eigenvalue weighted by Crippen LogP contribution is 2.25. The van der Waals surface area contributed by atoms with Gasteiger partial charge in [-0.25, -0.2) is 13.6 Å². The molecule has 0 saturated carbocycles. The van der Waals surface area contributed by atoms with Crippen molar-refractivity contribution in [3.63, 3.8) is 0 Å². The topological polar surface area (TPSA) is 114 Å². The van der Waals surface area contributed by atoms with E-state index in [0.717, 1.165) is 16.5 Å². The number of nitrogens with zero attached hydrogens (tertiary/aromatic N) is 2. The third-order valence-electron chi connectivity index (χ3n) is 4.80. The number of fused-ring (bicyclic) bond motifs is 1. The lowest BCUT2D eigenvalue weighted by Crippen LogP contribution is -2.30. The van der Waals surface area contributed by atoms with Crippen LogP contribution in [0.25, 0.3) is 10.9 Å². The van der Waals surface area contributed by atoms with Crippen molar-refractivity contribution in [2.75, 3.05) is 18.8 Å². The number of hydrogen-bond acceptors (Lipinski definition) is 5. The average Bonchev–Trinajstić information content (AvgIpc) is 2.95. The van der Waals surface area contributed by atoms with Crippen LogP contribution in [0.4, 0.5) is 0 Å². The number of carbonyl (C=O) groups excluding carboxylic acids is 1. The van der Waals surface area contributed by atoms with Gasteiger partial charge in [-0.2, -0.15) is 0 Å². The van der Waals surface area contributed by atoms with Crippen molar-refractivity contribution in [3.05, 3.63) is 42.1 Å². The number of para-hydroxylation sites is 1. The standard InChI is InChI=1S/C18H23N3O4S/c19-26(24,25)9-3-6-18(23)21-11-14(17(22)12-21)10-13-7-8-20-16-5-2-1-4-15(13)16/h1-2,4-5,7-8,14,17,22H,3,6,9-12H2,(H2,19,24,25)/t14-,17-/m1/s1. The van der Waals surface area contributed by atoms with E-state index in [4.69, 9.17) is 5.14 Å². The molecule has 1 aliphatic rings. The maximum atomic E-state index is 12.3. The van der Waals surface area contributed by atoms with Gasteiger partial charge in [0.25, 0.3) is 0 Å². The molecule has 1 aromatic carbocycles. The SMILES string of the molecule is NS(=O)(=O)CCCC(=O)N1C[C@@H](Cc2ccnc3ccccc23)[C@H](O)C1. The number of pyridine rings is 1. The maximum Gasteiger partial charge on any atom is 0.222 e. The molecule has 3 N–H and O–H groups in total. The van der Waals surface area contributed by atoms with Crippen LogP contribution in [0.5, 0.6) is 0 Å². The van der Waals surface area contributed by atoms with E-state index in [1.54, 1.807) is 11.1 Å². The fourth-order valence-electron chi connectivity index (χ4n) is 3.46. The number of aliphatic hydroxyl groups excluding tert-OH is 1. The Balaban J connectivity index is 1.62. The molecule has 7 nitrogen and oxygen atoms in total. The lowest BCUT2D eigenvalue weighted by molar-refractivity contribution is -0.130. The van der Waals surface area contributed by atoms with E-state index in [-0.39, 0.29) is 37.0 Å². The van der Waals surface area contributed by atoms with E-state index in [2.05, 4.69) is 4.98 Å². The van der Waals surface area contributed by atoms with Gasteiger partial charge in [0, 0.05) is 37.0 Å². The molecule has 0 unspecified atom stereocenters. The van der Waals surface area contributed by atoms with Gasteiger partial charge < -0.3 is 10.0 Å². The summed E-state index contributed by atoms with van der Waals surface area (Å²) in [4.78, 5) is 18.2. The quantitative estimate of drug-likeness (QED) is 0.768. The lowest BCUT2D eigenvalue weighted by Gasteiger charge is -2.16. The molecule has 1 fully saturated rings. The summed E-state index contributed by atoms with van der Waals surface area (Å²) in [5.41, 5.74) is 2.01. The monoisotopic (exact) mass is 377 g/mol. The lowest BCUT2D eigenvalue weighted by atomic mass is 9.94. The van der Waals surface area contributed by atoms with Crippen molar-refractivity contribution in [1.29, 1.82) is 0 Å². The summed E-state index contributed by atoms with van der Waals surface area (Å²) < 4.78 is 21.9. The molecule has 0 bridgehead atoms. The van der Waals surface area contributed by atoms with Crippen molar-refractivity contribution in [3.8, 4) is 0 Å². The zero-order valence-corrected chi connectivity index (χ0v) is 15.2. The number of carbonyl (C=O) groups is 1. The highest BCUT2D eigenvalue weighted by Gasteiger charge is 2.34. The number of aromatic nitrogens is 1. The van der Waals surface area contributed by atoms with Crippen molar-refractivity contribution >= 4 is 26.8 Å². The molecule has 1 aliphatic heterocycles. The van der Waals surface area contributed by atoms with E-state index in [1.807, 2.05) is 30.3 Å². The Morgan fingerprint density at radius 2 is 2.04 bits per heavy atom. The summed E-state index contributed by atoms with van der Waals surface area (Å²) in [5.74, 6) is -0.403. The van der Waals surface area contributed by atoms with Crippen LogP contribution in [-0.4, -0.2) is 54.3 Å². The fraction of sp³-hybridized carbons (Fsp3) is 0.444. The van der Waals surface area contributed by atoms with Gasteiger partial charge >= 0.3 is 0 Å². The Labute approximate surface area is 152 Å². The molecule has 140 valence electrons. The summed E-state index contributed by atoms with van der Waals surface area (Å²) in [6.45, 7) is 0.744. The predicted molar refractivity (Wildman–Crippen MR) is 98.7 cm³/mol. The molecule has 2 aromatic rings. The molecule has 1 aromatic heterocycles. The van der Waals surface area contributed by atoms with Gasteiger partial charge in [-0.05, 0) is 30.5 Å². The van der Waals surface area contributed by atoms with Crippen LogP contribution in [0.3, 0.4) is 0 Å². The second kappa shape index (κ2) is 7.69. The molecular formula is C18H23N3O4S. The van der Waals surface area contributed by atoms with Crippen LogP contribution in [-0.2, 0) is 21.2 Å². The maximum absolute atomic E-state index is 12.3. The van der Waals surface area contributed by atoms with Crippen LogP contribution in [0, 0.1) is 5.92 Å². The molecule has 0 aliphatic carbocycles. The van der Waals surface area contributed by atoms with Crippen molar-refractivity contribution in [1.82, 2.24) is 9.88 Å². The zero-order chi connectivity index (χ0) is 18.7. The Morgan fingerprint density at radius 1 is 1.27 bits per heavy atom. The molecule has 0 radical (unpaired) electrons. The minimum atomic E-state index is -3.55. The number of primary sulfonamides is 1. The van der Waals surface area contributed by atoms with E-state index in [1.165, 1.54) is 0 Å². The highest BCUT2D eigenvalue weighted by atomic mass is 32.2. The minimum Gasteiger partial charge on any atom is -0.391 e. The zero-order valence-electron chi connectivity index (χ0n) is 14.4. The van der Waals surface area contributed by atoms with Crippen molar-refractivity contribution < 1.29 is 18.3 Å². The van der Waals surface area contributed by atoms with Crippen molar-refractivity contribution in [2.45, 2.75) is 25.4 Å². The molecule has 8 heteroatoms. The normalized spacial score (nSPS) is 20.6. The second-order valence-corrected chi connectivity index (χ2v) is 8.52. The molecule has 0 spiro atoms. The summed E-state index contributed by atoms with van der Waals surface area (Å²) in [7, 11) is -3.55.